The van der Waals surface area contributed by atoms with Gasteiger partial charge in [0.1, 0.15) is 17.4 Å². The quantitative estimate of drug-likeness (QED) is 0.580. The zero-order chi connectivity index (χ0) is 21.6. The molecule has 1 aromatic carbocycles. The Bertz CT molecular complexity index is 1120. The van der Waals surface area contributed by atoms with E-state index in [1.165, 1.54) is 26.2 Å². The molecule has 2 N–H and O–H groups in total. The number of aromatic nitrogens is 2. The van der Waals surface area contributed by atoms with Crippen molar-refractivity contribution in [1.82, 2.24) is 14.0 Å². The molecule has 0 fully saturated rings. The maximum absolute atomic E-state index is 13.4. The van der Waals surface area contributed by atoms with Gasteiger partial charge in [0.05, 0.1) is 11.1 Å². The van der Waals surface area contributed by atoms with Crippen molar-refractivity contribution in [3.05, 3.63) is 61.8 Å². The van der Waals surface area contributed by atoms with Gasteiger partial charge in [-0.3, -0.25) is 33.2 Å². The van der Waals surface area contributed by atoms with Crippen LogP contribution in [0.15, 0.2) is 33.9 Å². The number of Topliss-reactive ketones (excluding diaryl/α,β-unsaturated/α-hetero) is 1. The van der Waals surface area contributed by atoms with Crippen LogP contribution in [0, 0.1) is 5.92 Å². The summed E-state index contributed by atoms with van der Waals surface area (Å²) >= 11 is 0. The summed E-state index contributed by atoms with van der Waals surface area (Å²) in [6.45, 7) is 3.67. The van der Waals surface area contributed by atoms with Gasteiger partial charge in [-0.1, -0.05) is 26.0 Å². The van der Waals surface area contributed by atoms with Gasteiger partial charge in [-0.15, -0.1) is 0 Å². The molecule has 152 valence electrons. The van der Waals surface area contributed by atoms with Crippen LogP contribution in [0.2, 0.25) is 0 Å². The summed E-state index contributed by atoms with van der Waals surface area (Å²) in [6.07, 6.45) is 0.149. The first kappa shape index (κ1) is 20.2. The van der Waals surface area contributed by atoms with E-state index in [0.29, 0.717) is 0 Å². The van der Waals surface area contributed by atoms with Crippen molar-refractivity contribution >= 4 is 23.4 Å². The molecule has 2 amide bonds. The fraction of sp³-hybridized carbons (Fsp3) is 0.350. The molecule has 9 heteroatoms. The van der Waals surface area contributed by atoms with Crippen molar-refractivity contribution in [3.8, 4) is 0 Å². The summed E-state index contributed by atoms with van der Waals surface area (Å²) in [7, 11) is 2.58. The number of imide groups is 1. The third kappa shape index (κ3) is 3.08. The summed E-state index contributed by atoms with van der Waals surface area (Å²) < 4.78 is 1.77. The molecule has 1 aromatic heterocycles. The second kappa shape index (κ2) is 7.16. The molecular formula is C20H22N4O5. The molecule has 0 bridgehead atoms. The number of nitrogens with two attached hydrogens (primary N) is 1. The number of benzene rings is 1. The van der Waals surface area contributed by atoms with Crippen molar-refractivity contribution < 1.29 is 14.4 Å². The molecule has 0 spiro atoms. The fourth-order valence-electron chi connectivity index (χ4n) is 3.53. The lowest BCUT2D eigenvalue weighted by Crippen LogP contribution is -2.49. The highest BCUT2D eigenvalue weighted by atomic mass is 16.2. The van der Waals surface area contributed by atoms with Gasteiger partial charge in [-0.25, -0.2) is 4.79 Å². The first-order valence-corrected chi connectivity index (χ1v) is 9.14. The molecule has 0 saturated heterocycles. The number of carbonyl (C=O) groups is 3. The Balaban J connectivity index is 2.17. The lowest BCUT2D eigenvalue weighted by Gasteiger charge is -2.27. The molecule has 1 aliphatic rings. The predicted octanol–water partition coefficient (Wildman–Crippen LogP) is 0.560. The lowest BCUT2D eigenvalue weighted by molar-refractivity contribution is 0.0520. The highest BCUT2D eigenvalue weighted by Gasteiger charge is 2.44. The zero-order valence-electron chi connectivity index (χ0n) is 16.6. The van der Waals surface area contributed by atoms with E-state index in [1.54, 1.807) is 12.1 Å². The van der Waals surface area contributed by atoms with E-state index in [9.17, 15) is 24.0 Å². The van der Waals surface area contributed by atoms with Crippen LogP contribution < -0.4 is 17.0 Å². The molecule has 1 atom stereocenters. The van der Waals surface area contributed by atoms with Crippen molar-refractivity contribution in [1.29, 1.82) is 0 Å². The van der Waals surface area contributed by atoms with Crippen LogP contribution >= 0.6 is 0 Å². The normalized spacial score (nSPS) is 14.4. The second-order valence-corrected chi connectivity index (χ2v) is 7.50. The van der Waals surface area contributed by atoms with Gasteiger partial charge in [-0.05, 0) is 24.5 Å². The molecule has 29 heavy (non-hydrogen) atoms. The molecule has 2 heterocycles. The molecule has 3 rings (SSSR count). The van der Waals surface area contributed by atoms with Crippen LogP contribution in [0.4, 0.5) is 5.82 Å². The van der Waals surface area contributed by atoms with Gasteiger partial charge in [0, 0.05) is 14.1 Å². The Morgan fingerprint density at radius 2 is 1.48 bits per heavy atom. The number of nitrogens with zero attached hydrogens (tertiary/aromatic N) is 3. The SMILES string of the molecule is CC(C)C[C@@H](C(=O)c1c(N)n(C)c(=O)n(C)c1=O)N1C(=O)c2ccccc2C1=O. The predicted molar refractivity (Wildman–Crippen MR) is 106 cm³/mol. The number of amides is 2. The standard InChI is InChI=1S/C20H22N4O5/c1-10(2)9-13(24-17(26)11-7-5-6-8-12(11)18(24)27)15(25)14-16(21)22(3)20(29)23(4)19(14)28/h5-8,10,13H,9,21H2,1-4H3/t13-/m0/s1. The van der Waals surface area contributed by atoms with Crippen molar-refractivity contribution in [2.24, 2.45) is 20.0 Å². The number of nitrogen functional groups attached to an aromatic ring is 1. The zero-order valence-corrected chi connectivity index (χ0v) is 16.6. The first-order valence-electron chi connectivity index (χ1n) is 9.14. The first-order chi connectivity index (χ1) is 13.6. The highest BCUT2D eigenvalue weighted by Crippen LogP contribution is 2.28. The van der Waals surface area contributed by atoms with E-state index in [4.69, 9.17) is 5.73 Å². The van der Waals surface area contributed by atoms with Gasteiger partial charge in [-0.2, -0.15) is 0 Å². The van der Waals surface area contributed by atoms with E-state index in [0.717, 1.165) is 14.0 Å². The minimum absolute atomic E-state index is 0.0640. The number of anilines is 1. The van der Waals surface area contributed by atoms with Gasteiger partial charge in [0.15, 0.2) is 5.78 Å². The second-order valence-electron chi connectivity index (χ2n) is 7.50. The Morgan fingerprint density at radius 1 is 0.966 bits per heavy atom. The van der Waals surface area contributed by atoms with Gasteiger partial charge < -0.3 is 5.73 Å². The average Bonchev–Trinajstić information content (AvgIpc) is 2.94. The number of hydrogen-bond acceptors (Lipinski definition) is 6. The van der Waals surface area contributed by atoms with Crippen LogP contribution in [0.1, 0.15) is 51.3 Å². The third-order valence-electron chi connectivity index (χ3n) is 5.09. The highest BCUT2D eigenvalue weighted by molar-refractivity contribution is 6.23. The number of fused-ring (bicyclic) bond motifs is 1. The van der Waals surface area contributed by atoms with Crippen LogP contribution in [-0.2, 0) is 14.1 Å². The van der Waals surface area contributed by atoms with Gasteiger partial charge in [0.2, 0.25) is 0 Å². The van der Waals surface area contributed by atoms with E-state index in [2.05, 4.69) is 0 Å². The maximum Gasteiger partial charge on any atom is 0.332 e. The van der Waals surface area contributed by atoms with Crippen molar-refractivity contribution in [3.63, 3.8) is 0 Å². The Kier molecular flexibility index (Phi) is 5.00. The van der Waals surface area contributed by atoms with Crippen LogP contribution in [0.3, 0.4) is 0 Å². The number of rotatable bonds is 5. The number of carbonyl (C=O) groups excluding carboxylic acids is 3. The molecule has 0 saturated carbocycles. The monoisotopic (exact) mass is 398 g/mol. The fourth-order valence-corrected chi connectivity index (χ4v) is 3.53. The van der Waals surface area contributed by atoms with Crippen LogP contribution in [0.25, 0.3) is 0 Å². The topological polar surface area (TPSA) is 124 Å². The smallest absolute Gasteiger partial charge is 0.332 e. The minimum Gasteiger partial charge on any atom is -0.384 e. The van der Waals surface area contributed by atoms with E-state index in [1.807, 2.05) is 13.8 Å². The molecule has 0 unspecified atom stereocenters. The average molecular weight is 398 g/mol. The minimum atomic E-state index is -1.21. The molecule has 0 aliphatic carbocycles. The lowest BCUT2D eigenvalue weighted by atomic mass is 9.95. The molecule has 9 nitrogen and oxygen atoms in total. The summed E-state index contributed by atoms with van der Waals surface area (Å²) in [5.74, 6) is -2.31. The Labute approximate surface area is 166 Å². The van der Waals surface area contributed by atoms with Crippen molar-refractivity contribution in [2.75, 3.05) is 5.73 Å². The molecule has 1 aliphatic heterocycles. The summed E-state index contributed by atoms with van der Waals surface area (Å²) in [5.41, 5.74) is 4.39. The summed E-state index contributed by atoms with van der Waals surface area (Å²) in [6, 6.07) is 5.09. The van der Waals surface area contributed by atoms with Crippen LogP contribution in [-0.4, -0.2) is 37.7 Å². The Hall–Kier alpha value is -3.49. The van der Waals surface area contributed by atoms with Crippen LogP contribution in [0.5, 0.6) is 0 Å². The van der Waals surface area contributed by atoms with E-state index < -0.39 is 40.5 Å². The summed E-state index contributed by atoms with van der Waals surface area (Å²) in [4.78, 5) is 64.8. The van der Waals surface area contributed by atoms with Crippen molar-refractivity contribution in [2.45, 2.75) is 26.3 Å². The Morgan fingerprint density at radius 3 is 1.97 bits per heavy atom. The summed E-state index contributed by atoms with van der Waals surface area (Å²) in [5, 5.41) is 0. The molecular weight excluding hydrogens is 376 g/mol. The van der Waals surface area contributed by atoms with Gasteiger partial charge >= 0.3 is 5.69 Å². The van der Waals surface area contributed by atoms with E-state index >= 15 is 0 Å². The molecule has 2 aromatic rings. The molecule has 0 radical (unpaired) electrons. The maximum atomic E-state index is 13.4. The third-order valence-corrected chi connectivity index (χ3v) is 5.09. The van der Waals surface area contributed by atoms with Gasteiger partial charge in [0.25, 0.3) is 17.4 Å². The number of hydrogen-bond donors (Lipinski definition) is 1. The number of ketones is 1. The van der Waals surface area contributed by atoms with E-state index in [-0.39, 0.29) is 29.3 Å². The largest absolute Gasteiger partial charge is 0.384 e.